The molecule has 6 rings (SSSR count). The highest BCUT2D eigenvalue weighted by Gasteiger charge is 2.47. The summed E-state index contributed by atoms with van der Waals surface area (Å²) in [4.78, 5) is 102. The molecule has 10 amide bonds. The van der Waals surface area contributed by atoms with Crippen molar-refractivity contribution >= 4 is 75.2 Å². The van der Waals surface area contributed by atoms with E-state index in [4.69, 9.17) is 9.47 Å². The highest BCUT2D eigenvalue weighted by atomic mass is 79.9. The molecule has 4 aliphatic rings. The molecule has 0 bridgehead atoms. The van der Waals surface area contributed by atoms with Crippen molar-refractivity contribution in [3.63, 3.8) is 0 Å². The molecule has 2 unspecified atom stereocenters. The minimum atomic E-state index is -0.991. The van der Waals surface area contributed by atoms with Crippen LogP contribution in [0.15, 0.2) is 48.5 Å². The number of hydrogen-bond acceptors (Lipinski definition) is 10. The number of amides is 10. The predicted molar refractivity (Wildman–Crippen MR) is 214 cm³/mol. The number of urea groups is 2. The number of nitrogens with one attached hydrogen (secondary N) is 1. The van der Waals surface area contributed by atoms with Crippen molar-refractivity contribution in [1.29, 1.82) is 0 Å². The molecule has 2 aromatic rings. The molecule has 16 nitrogen and oxygen atoms in total. The Morgan fingerprint density at radius 2 is 1.11 bits per heavy atom. The Balaban J connectivity index is 0.000000209. The second-order valence-corrected chi connectivity index (χ2v) is 16.9. The molecule has 0 radical (unpaired) electrons. The summed E-state index contributed by atoms with van der Waals surface area (Å²) in [6.07, 6.45) is -1.10. The lowest BCUT2D eigenvalue weighted by Gasteiger charge is -2.34. The highest BCUT2D eigenvalue weighted by molar-refractivity contribution is 9.10. The van der Waals surface area contributed by atoms with Gasteiger partial charge in [-0.1, -0.05) is 51.3 Å². The molecular formula is C40H51BrN6O10. The van der Waals surface area contributed by atoms with E-state index in [9.17, 15) is 38.4 Å². The van der Waals surface area contributed by atoms with Gasteiger partial charge < -0.3 is 19.7 Å². The summed E-state index contributed by atoms with van der Waals surface area (Å²) in [5.74, 6) is -2.36. The maximum Gasteiger partial charge on any atom is 0.424 e. The van der Waals surface area contributed by atoms with E-state index in [0.717, 1.165) is 30.0 Å². The molecule has 1 N–H and O–H groups in total. The maximum atomic E-state index is 12.9. The van der Waals surface area contributed by atoms with E-state index in [0.29, 0.717) is 29.3 Å². The monoisotopic (exact) mass is 854 g/mol. The third-order valence-corrected chi connectivity index (χ3v) is 9.70. The third-order valence-electron chi connectivity index (χ3n) is 8.85. The number of aryl methyl sites for hydroxylation is 2. The number of carbonyl (C=O) groups is 8. The molecule has 4 aliphatic heterocycles. The molecule has 0 spiro atoms. The first kappa shape index (κ1) is 44.4. The molecule has 0 aliphatic carbocycles. The van der Waals surface area contributed by atoms with E-state index in [1.807, 2.05) is 62.4 Å². The maximum absolute atomic E-state index is 12.9. The summed E-state index contributed by atoms with van der Waals surface area (Å²) in [5, 5.41) is 2.77. The first-order valence-corrected chi connectivity index (χ1v) is 19.6. The second kappa shape index (κ2) is 18.3. The molecule has 0 saturated carbocycles. The van der Waals surface area contributed by atoms with Gasteiger partial charge in [-0.2, -0.15) is 9.80 Å². The second-order valence-electron chi connectivity index (χ2n) is 15.8. The number of likely N-dealkylation sites (tertiary alicyclic amines) is 2. The molecule has 0 aromatic heterocycles. The zero-order chi connectivity index (χ0) is 42.4. The molecule has 57 heavy (non-hydrogen) atoms. The largest absolute Gasteiger partial charge is 0.443 e. The van der Waals surface area contributed by atoms with Gasteiger partial charge >= 0.3 is 24.2 Å². The topological polar surface area (TPSA) is 183 Å². The predicted octanol–water partition coefficient (Wildman–Crippen LogP) is 6.05. The Labute approximate surface area is 340 Å². The molecule has 4 fully saturated rings. The molecule has 2 aromatic carbocycles. The van der Waals surface area contributed by atoms with Gasteiger partial charge in [-0.15, -0.1) is 0 Å². The van der Waals surface area contributed by atoms with Gasteiger partial charge in [0.2, 0.25) is 11.8 Å². The lowest BCUT2D eigenvalue weighted by molar-refractivity contribution is -0.150. The van der Waals surface area contributed by atoms with Crippen LogP contribution in [-0.4, -0.2) is 111 Å². The molecular weight excluding hydrogens is 804 g/mol. The summed E-state index contributed by atoms with van der Waals surface area (Å²) in [6, 6.07) is 14.4. The van der Waals surface area contributed by atoms with Crippen molar-refractivity contribution in [3.8, 4) is 0 Å². The van der Waals surface area contributed by atoms with Gasteiger partial charge in [-0.25, -0.2) is 19.2 Å². The number of hydrogen-bond donors (Lipinski definition) is 1. The summed E-state index contributed by atoms with van der Waals surface area (Å²) < 4.78 is 10.2. The average Bonchev–Trinajstić information content (AvgIpc) is 3.71. The van der Waals surface area contributed by atoms with Gasteiger partial charge in [0.15, 0.2) is 0 Å². The fraction of sp³-hybridized carbons (Fsp3) is 0.500. The summed E-state index contributed by atoms with van der Waals surface area (Å²) in [5.41, 5.74) is 2.46. The number of nitrogens with zero attached hydrogens (tertiary/aromatic N) is 5. The van der Waals surface area contributed by atoms with Crippen LogP contribution in [0.5, 0.6) is 0 Å². The Morgan fingerprint density at radius 1 is 0.649 bits per heavy atom. The number of piperidine rings is 2. The van der Waals surface area contributed by atoms with Crippen LogP contribution in [-0.2, 0) is 28.7 Å². The SMILES string of the molecule is CC(C)(C)OC(=O)N1C(=O)CCC(Br)C1=O.Cc1ccc(N2CCN(C3CCC(=O)N(C(=O)OC(C)(C)C)C3=O)C2=O)cc1.Cc1ccc(N2CCNC2=O)cc1. The number of alkyl halides is 1. The lowest BCUT2D eigenvalue weighted by atomic mass is 10.0. The van der Waals surface area contributed by atoms with Crippen LogP contribution in [0, 0.1) is 13.8 Å². The summed E-state index contributed by atoms with van der Waals surface area (Å²) >= 11 is 3.12. The Hall–Kier alpha value is -5.32. The smallest absolute Gasteiger partial charge is 0.424 e. The number of halogens is 1. The van der Waals surface area contributed by atoms with Crippen LogP contribution in [0.25, 0.3) is 0 Å². The van der Waals surface area contributed by atoms with Crippen LogP contribution < -0.4 is 15.1 Å². The van der Waals surface area contributed by atoms with Crippen LogP contribution >= 0.6 is 15.9 Å². The summed E-state index contributed by atoms with van der Waals surface area (Å²) in [7, 11) is 0. The number of rotatable bonds is 3. The Morgan fingerprint density at radius 3 is 1.56 bits per heavy atom. The number of benzene rings is 2. The van der Waals surface area contributed by atoms with Crippen molar-refractivity contribution in [1.82, 2.24) is 20.0 Å². The standard InChI is InChI=1S/C20H25N3O5.C10H14BrNO4.C10H12N2O/c1-13-5-7-14(8-6-13)21-11-12-22(18(21)26)15-9-10-16(24)23(17(15)25)19(27)28-20(2,3)4;1-10(2,3)16-9(15)12-7(13)5-4-6(11)8(12)14;1-8-2-4-9(5-3-8)12-7-6-11-10(12)13/h5-8,15H,9-12H2,1-4H3;6H,4-5H2,1-3H3;2-5H,6-7H2,1H3,(H,11,13). The Bertz CT molecular complexity index is 1870. The number of anilines is 2. The molecule has 4 saturated heterocycles. The minimum absolute atomic E-state index is 0.00357. The average molecular weight is 856 g/mol. The highest BCUT2D eigenvalue weighted by Crippen LogP contribution is 2.28. The lowest BCUT2D eigenvalue weighted by Crippen LogP contribution is -2.57. The fourth-order valence-corrected chi connectivity index (χ4v) is 6.49. The van der Waals surface area contributed by atoms with E-state index in [-0.39, 0.29) is 31.3 Å². The molecule has 17 heteroatoms. The van der Waals surface area contributed by atoms with E-state index in [1.165, 1.54) is 10.5 Å². The van der Waals surface area contributed by atoms with E-state index in [2.05, 4.69) is 21.2 Å². The van der Waals surface area contributed by atoms with Crippen LogP contribution in [0.2, 0.25) is 0 Å². The zero-order valence-corrected chi connectivity index (χ0v) is 35.2. The van der Waals surface area contributed by atoms with Crippen molar-refractivity contribution < 1.29 is 47.8 Å². The van der Waals surface area contributed by atoms with E-state index in [1.54, 1.807) is 51.3 Å². The van der Waals surface area contributed by atoms with Gasteiger partial charge in [-0.3, -0.25) is 29.0 Å². The molecule has 4 heterocycles. The van der Waals surface area contributed by atoms with Gasteiger partial charge in [0.1, 0.15) is 17.2 Å². The van der Waals surface area contributed by atoms with Gasteiger partial charge in [0, 0.05) is 50.4 Å². The Kier molecular flexibility index (Phi) is 14.3. The van der Waals surface area contributed by atoms with E-state index >= 15 is 0 Å². The third kappa shape index (κ3) is 11.6. The first-order chi connectivity index (χ1) is 26.6. The van der Waals surface area contributed by atoms with Gasteiger partial charge in [0.05, 0.1) is 4.83 Å². The van der Waals surface area contributed by atoms with E-state index < -0.39 is 57.9 Å². The van der Waals surface area contributed by atoms with Crippen LogP contribution in [0.3, 0.4) is 0 Å². The van der Waals surface area contributed by atoms with Crippen molar-refractivity contribution in [2.75, 3.05) is 36.0 Å². The zero-order valence-electron chi connectivity index (χ0n) is 33.6. The minimum Gasteiger partial charge on any atom is -0.443 e. The fourth-order valence-electron chi connectivity index (χ4n) is 6.05. The van der Waals surface area contributed by atoms with Gasteiger partial charge in [-0.05, 0) is 92.5 Å². The van der Waals surface area contributed by atoms with Crippen molar-refractivity contribution in [3.05, 3.63) is 59.7 Å². The molecule has 308 valence electrons. The van der Waals surface area contributed by atoms with Crippen molar-refractivity contribution in [2.24, 2.45) is 0 Å². The van der Waals surface area contributed by atoms with Gasteiger partial charge in [0.25, 0.3) is 11.8 Å². The van der Waals surface area contributed by atoms with Crippen LogP contribution in [0.1, 0.15) is 78.4 Å². The normalized spacial score (nSPS) is 20.1. The quantitative estimate of drug-likeness (QED) is 0.282. The number of carbonyl (C=O) groups excluding carboxylic acids is 8. The first-order valence-electron chi connectivity index (χ1n) is 18.7. The number of imide groups is 6. The number of ether oxygens (including phenoxy) is 2. The van der Waals surface area contributed by atoms with Crippen molar-refractivity contribution in [2.45, 2.75) is 103 Å². The summed E-state index contributed by atoms with van der Waals surface area (Å²) in [6.45, 7) is 16.3. The van der Waals surface area contributed by atoms with Crippen LogP contribution in [0.4, 0.5) is 30.6 Å². The molecule has 2 atom stereocenters.